The van der Waals surface area contributed by atoms with E-state index in [1.54, 1.807) is 42.9 Å². The van der Waals surface area contributed by atoms with Crippen LogP contribution in [0.3, 0.4) is 0 Å². The predicted octanol–water partition coefficient (Wildman–Crippen LogP) is 3.41. The van der Waals surface area contributed by atoms with Gasteiger partial charge in [-0.2, -0.15) is 0 Å². The second kappa shape index (κ2) is 8.01. The molecule has 5 nitrogen and oxygen atoms in total. The van der Waals surface area contributed by atoms with Gasteiger partial charge in [-0.15, -0.1) is 0 Å². The molecule has 0 saturated heterocycles. The minimum Gasteiger partial charge on any atom is -0.380 e. The van der Waals surface area contributed by atoms with Crippen LogP contribution in [0.2, 0.25) is 0 Å². The third-order valence-corrected chi connectivity index (χ3v) is 3.59. The standard InChI is InChI=1S/C19H17FN4O/c20-17-4-2-1-3-15(17)11-19(25)24-18-6-5-16(13-23-18)22-12-14-7-9-21-10-8-14/h1-10,13,22H,11-12H2,(H,23,24,25). The Hall–Kier alpha value is -3.28. The van der Waals surface area contributed by atoms with E-state index >= 15 is 0 Å². The van der Waals surface area contributed by atoms with Crippen LogP contribution in [0.4, 0.5) is 15.9 Å². The topological polar surface area (TPSA) is 66.9 Å². The molecule has 2 heterocycles. The van der Waals surface area contributed by atoms with E-state index in [-0.39, 0.29) is 18.1 Å². The average molecular weight is 336 g/mol. The number of carbonyl (C=O) groups is 1. The zero-order chi connectivity index (χ0) is 17.5. The lowest BCUT2D eigenvalue weighted by Crippen LogP contribution is -2.16. The third kappa shape index (κ3) is 4.84. The Balaban J connectivity index is 1.53. The van der Waals surface area contributed by atoms with Crippen molar-refractivity contribution in [2.45, 2.75) is 13.0 Å². The van der Waals surface area contributed by atoms with Crippen molar-refractivity contribution in [2.24, 2.45) is 0 Å². The maximum atomic E-state index is 13.6. The van der Waals surface area contributed by atoms with Gasteiger partial charge in [0.05, 0.1) is 18.3 Å². The van der Waals surface area contributed by atoms with Crippen molar-refractivity contribution < 1.29 is 9.18 Å². The summed E-state index contributed by atoms with van der Waals surface area (Å²) >= 11 is 0. The van der Waals surface area contributed by atoms with Crippen LogP contribution in [-0.2, 0) is 17.8 Å². The van der Waals surface area contributed by atoms with Gasteiger partial charge in [-0.05, 0) is 41.5 Å². The first-order valence-electron chi connectivity index (χ1n) is 7.83. The first-order chi connectivity index (χ1) is 12.2. The van der Waals surface area contributed by atoms with Gasteiger partial charge in [-0.25, -0.2) is 9.37 Å². The number of nitrogens with zero attached hydrogens (tertiary/aromatic N) is 2. The van der Waals surface area contributed by atoms with Crippen LogP contribution in [0.5, 0.6) is 0 Å². The maximum Gasteiger partial charge on any atom is 0.230 e. The lowest BCUT2D eigenvalue weighted by Gasteiger charge is -2.08. The largest absolute Gasteiger partial charge is 0.380 e. The van der Waals surface area contributed by atoms with Crippen molar-refractivity contribution >= 4 is 17.4 Å². The molecule has 0 spiro atoms. The number of anilines is 2. The first-order valence-corrected chi connectivity index (χ1v) is 7.83. The normalized spacial score (nSPS) is 10.3. The number of halogens is 1. The molecule has 25 heavy (non-hydrogen) atoms. The molecule has 1 aromatic carbocycles. The summed E-state index contributed by atoms with van der Waals surface area (Å²) in [5, 5.41) is 5.90. The molecule has 126 valence electrons. The number of rotatable bonds is 6. The summed E-state index contributed by atoms with van der Waals surface area (Å²) < 4.78 is 13.6. The summed E-state index contributed by atoms with van der Waals surface area (Å²) in [6.07, 6.45) is 5.09. The number of hydrogen-bond donors (Lipinski definition) is 2. The molecule has 0 aliphatic heterocycles. The Labute approximate surface area is 145 Å². The highest BCUT2D eigenvalue weighted by atomic mass is 19.1. The van der Waals surface area contributed by atoms with Crippen LogP contribution in [0.25, 0.3) is 0 Å². The molecule has 1 amide bonds. The van der Waals surface area contributed by atoms with E-state index in [0.29, 0.717) is 17.9 Å². The Morgan fingerprint density at radius 3 is 2.56 bits per heavy atom. The SMILES string of the molecule is O=C(Cc1ccccc1F)Nc1ccc(NCc2ccncc2)cn1. The molecular weight excluding hydrogens is 319 g/mol. The lowest BCUT2D eigenvalue weighted by atomic mass is 10.1. The van der Waals surface area contributed by atoms with Gasteiger partial charge in [0, 0.05) is 18.9 Å². The van der Waals surface area contributed by atoms with Gasteiger partial charge in [-0.1, -0.05) is 18.2 Å². The number of hydrogen-bond acceptors (Lipinski definition) is 4. The van der Waals surface area contributed by atoms with Gasteiger partial charge < -0.3 is 10.6 Å². The summed E-state index contributed by atoms with van der Waals surface area (Å²) in [6.45, 7) is 0.656. The fourth-order valence-corrected chi connectivity index (χ4v) is 2.28. The van der Waals surface area contributed by atoms with E-state index in [4.69, 9.17) is 0 Å². The quantitative estimate of drug-likeness (QED) is 0.724. The minimum absolute atomic E-state index is 0.0314. The van der Waals surface area contributed by atoms with E-state index in [0.717, 1.165) is 11.3 Å². The first kappa shape index (κ1) is 16.6. The van der Waals surface area contributed by atoms with Crippen LogP contribution < -0.4 is 10.6 Å². The molecule has 0 unspecified atom stereocenters. The fraction of sp³-hybridized carbons (Fsp3) is 0.105. The molecule has 0 atom stereocenters. The van der Waals surface area contributed by atoms with Gasteiger partial charge in [0.25, 0.3) is 0 Å². The zero-order valence-electron chi connectivity index (χ0n) is 13.4. The molecule has 0 fully saturated rings. The highest BCUT2D eigenvalue weighted by Gasteiger charge is 2.08. The molecule has 2 aromatic heterocycles. The number of pyridine rings is 2. The highest BCUT2D eigenvalue weighted by molar-refractivity contribution is 5.91. The third-order valence-electron chi connectivity index (χ3n) is 3.59. The Bertz CT molecular complexity index is 838. The number of benzene rings is 1. The van der Waals surface area contributed by atoms with Crippen molar-refractivity contribution in [3.05, 3.63) is 84.1 Å². The number of aromatic nitrogens is 2. The van der Waals surface area contributed by atoms with Crippen molar-refractivity contribution in [2.75, 3.05) is 10.6 Å². The van der Waals surface area contributed by atoms with Gasteiger partial charge in [0.1, 0.15) is 11.6 Å². The molecule has 0 aliphatic carbocycles. The van der Waals surface area contributed by atoms with E-state index in [1.807, 2.05) is 18.2 Å². The summed E-state index contributed by atoms with van der Waals surface area (Å²) in [5.41, 5.74) is 2.30. The Morgan fingerprint density at radius 2 is 1.84 bits per heavy atom. The molecule has 3 rings (SSSR count). The zero-order valence-corrected chi connectivity index (χ0v) is 13.4. The summed E-state index contributed by atoms with van der Waals surface area (Å²) in [7, 11) is 0. The Morgan fingerprint density at radius 1 is 1.04 bits per heavy atom. The fourth-order valence-electron chi connectivity index (χ4n) is 2.28. The molecule has 3 aromatic rings. The van der Waals surface area contributed by atoms with E-state index in [9.17, 15) is 9.18 Å². The molecule has 0 radical (unpaired) electrons. The van der Waals surface area contributed by atoms with E-state index in [2.05, 4.69) is 20.6 Å². The van der Waals surface area contributed by atoms with Gasteiger partial charge in [0.2, 0.25) is 5.91 Å². The maximum absolute atomic E-state index is 13.6. The Kier molecular flexibility index (Phi) is 5.31. The highest BCUT2D eigenvalue weighted by Crippen LogP contribution is 2.12. The molecule has 0 aliphatic rings. The van der Waals surface area contributed by atoms with Crippen LogP contribution in [0, 0.1) is 5.82 Å². The predicted molar refractivity (Wildman–Crippen MR) is 94.5 cm³/mol. The van der Waals surface area contributed by atoms with Gasteiger partial charge in [-0.3, -0.25) is 9.78 Å². The van der Waals surface area contributed by atoms with Crippen LogP contribution >= 0.6 is 0 Å². The van der Waals surface area contributed by atoms with Gasteiger partial charge >= 0.3 is 0 Å². The molecule has 0 bridgehead atoms. The number of nitrogens with one attached hydrogen (secondary N) is 2. The number of amides is 1. The molecule has 0 saturated carbocycles. The second-order valence-corrected chi connectivity index (χ2v) is 5.46. The molecule has 6 heteroatoms. The summed E-state index contributed by atoms with van der Waals surface area (Å²) in [4.78, 5) is 20.2. The number of carbonyl (C=O) groups excluding carboxylic acids is 1. The summed E-state index contributed by atoms with van der Waals surface area (Å²) in [6, 6.07) is 13.6. The molecular formula is C19H17FN4O. The van der Waals surface area contributed by atoms with Crippen molar-refractivity contribution in [1.29, 1.82) is 0 Å². The molecule has 2 N–H and O–H groups in total. The smallest absolute Gasteiger partial charge is 0.230 e. The second-order valence-electron chi connectivity index (χ2n) is 5.46. The van der Waals surface area contributed by atoms with Crippen molar-refractivity contribution in [3.63, 3.8) is 0 Å². The lowest BCUT2D eigenvalue weighted by molar-refractivity contribution is -0.115. The minimum atomic E-state index is -0.388. The monoisotopic (exact) mass is 336 g/mol. The average Bonchev–Trinajstić information content (AvgIpc) is 2.64. The van der Waals surface area contributed by atoms with Gasteiger partial charge in [0.15, 0.2) is 0 Å². The van der Waals surface area contributed by atoms with Crippen LogP contribution in [-0.4, -0.2) is 15.9 Å². The van der Waals surface area contributed by atoms with E-state index < -0.39 is 0 Å². The van der Waals surface area contributed by atoms with Crippen molar-refractivity contribution in [3.8, 4) is 0 Å². The van der Waals surface area contributed by atoms with Crippen LogP contribution in [0.1, 0.15) is 11.1 Å². The van der Waals surface area contributed by atoms with E-state index in [1.165, 1.54) is 6.07 Å². The van der Waals surface area contributed by atoms with Crippen molar-refractivity contribution in [1.82, 2.24) is 9.97 Å². The van der Waals surface area contributed by atoms with Crippen LogP contribution in [0.15, 0.2) is 67.1 Å². The summed E-state index contributed by atoms with van der Waals surface area (Å²) in [5.74, 6) is -0.271.